The van der Waals surface area contributed by atoms with Crippen LogP contribution in [-0.2, 0) is 6.54 Å². The average molecular weight is 439 g/mol. The van der Waals surface area contributed by atoms with Crippen molar-refractivity contribution in [1.82, 2.24) is 19.8 Å². The number of hydrogen-bond donors (Lipinski definition) is 1. The highest BCUT2D eigenvalue weighted by molar-refractivity contribution is 7.18. The molecule has 0 radical (unpaired) electrons. The quantitative estimate of drug-likeness (QED) is 0.660. The zero-order valence-electron chi connectivity index (χ0n) is 17.8. The normalized spacial score (nSPS) is 14.5. The Labute approximate surface area is 184 Å². The predicted molar refractivity (Wildman–Crippen MR) is 122 cm³/mol. The Morgan fingerprint density at radius 2 is 1.87 bits per heavy atom. The molecular weight excluding hydrogens is 412 g/mol. The first-order valence-corrected chi connectivity index (χ1v) is 11.4. The molecule has 2 aromatic heterocycles. The molecule has 1 fully saturated rings. The highest BCUT2D eigenvalue weighted by atomic mass is 32.1. The Morgan fingerprint density at radius 1 is 1.16 bits per heavy atom. The smallest absolute Gasteiger partial charge is 0.259 e. The molecule has 0 atom stereocenters. The number of pyridine rings is 1. The summed E-state index contributed by atoms with van der Waals surface area (Å²) in [5.74, 6) is -0.877. The first kappa shape index (κ1) is 21.2. The van der Waals surface area contributed by atoms with Crippen molar-refractivity contribution in [1.29, 1.82) is 0 Å². The van der Waals surface area contributed by atoms with Gasteiger partial charge >= 0.3 is 0 Å². The minimum Gasteiger partial charge on any atom is -0.355 e. The third kappa shape index (κ3) is 4.39. The number of amides is 2. The van der Waals surface area contributed by atoms with Crippen molar-refractivity contribution in [2.45, 2.75) is 44.7 Å². The van der Waals surface area contributed by atoms with Crippen LogP contribution in [0.2, 0.25) is 0 Å². The van der Waals surface area contributed by atoms with Crippen molar-refractivity contribution in [2.75, 3.05) is 14.1 Å². The zero-order valence-corrected chi connectivity index (χ0v) is 18.6. The van der Waals surface area contributed by atoms with E-state index in [4.69, 9.17) is 0 Å². The Hall–Kier alpha value is -3.00. The van der Waals surface area contributed by atoms with Crippen LogP contribution >= 0.6 is 11.3 Å². The molecule has 1 aliphatic carbocycles. The molecular formula is C23H26N4O3S. The Kier molecular flexibility index (Phi) is 6.18. The second-order valence-electron chi connectivity index (χ2n) is 7.97. The zero-order chi connectivity index (χ0) is 22.0. The lowest BCUT2D eigenvalue weighted by atomic mass is 9.95. The van der Waals surface area contributed by atoms with Crippen LogP contribution in [0.15, 0.2) is 41.5 Å². The molecule has 0 spiro atoms. The molecule has 0 unspecified atom stereocenters. The van der Waals surface area contributed by atoms with Crippen LogP contribution in [0, 0.1) is 0 Å². The van der Waals surface area contributed by atoms with Gasteiger partial charge in [-0.05, 0) is 25.0 Å². The molecule has 0 aliphatic heterocycles. The van der Waals surface area contributed by atoms with Gasteiger partial charge in [0.1, 0.15) is 16.1 Å². The van der Waals surface area contributed by atoms with Crippen LogP contribution in [0.4, 0.5) is 0 Å². The second kappa shape index (κ2) is 9.01. The highest BCUT2D eigenvalue weighted by Crippen LogP contribution is 2.28. The first-order chi connectivity index (χ1) is 15.0. The molecule has 2 heterocycles. The molecule has 1 aliphatic rings. The molecule has 0 bridgehead atoms. The lowest BCUT2D eigenvalue weighted by Gasteiger charge is -2.26. The maximum absolute atomic E-state index is 13.2. The number of hydrogen-bond acceptors (Lipinski definition) is 5. The highest BCUT2D eigenvalue weighted by Gasteiger charge is 2.24. The number of rotatable bonds is 5. The molecule has 0 saturated heterocycles. The van der Waals surface area contributed by atoms with E-state index in [1.807, 2.05) is 28.8 Å². The van der Waals surface area contributed by atoms with Crippen LogP contribution in [0.1, 0.15) is 63.9 Å². The summed E-state index contributed by atoms with van der Waals surface area (Å²) in [6.07, 6.45) is 8.58. The topological polar surface area (TPSA) is 84.3 Å². The maximum atomic E-state index is 13.2. The summed E-state index contributed by atoms with van der Waals surface area (Å²) in [5, 5.41) is 3.32. The number of para-hydroxylation sites is 1. The molecule has 1 saturated carbocycles. The number of carbonyl (C=O) groups excluding carboxylic acids is 2. The molecule has 31 heavy (non-hydrogen) atoms. The van der Waals surface area contributed by atoms with E-state index in [0.717, 1.165) is 40.9 Å². The number of carbonyl (C=O) groups is 2. The van der Waals surface area contributed by atoms with Gasteiger partial charge in [0, 0.05) is 32.5 Å². The van der Waals surface area contributed by atoms with Crippen molar-refractivity contribution >= 4 is 33.4 Å². The predicted octanol–water partition coefficient (Wildman–Crippen LogP) is 3.60. The van der Waals surface area contributed by atoms with Crippen molar-refractivity contribution in [2.24, 2.45) is 0 Å². The second-order valence-corrected chi connectivity index (χ2v) is 9.08. The molecule has 7 nitrogen and oxygen atoms in total. The van der Waals surface area contributed by atoms with Crippen molar-refractivity contribution in [3.05, 3.63) is 63.0 Å². The number of fused-ring (bicyclic) bond motifs is 1. The van der Waals surface area contributed by atoms with Gasteiger partial charge in [0.25, 0.3) is 11.8 Å². The Morgan fingerprint density at radius 3 is 2.58 bits per heavy atom. The van der Waals surface area contributed by atoms with E-state index < -0.39 is 17.2 Å². The van der Waals surface area contributed by atoms with Crippen LogP contribution < -0.4 is 10.7 Å². The van der Waals surface area contributed by atoms with Gasteiger partial charge in [-0.15, -0.1) is 11.3 Å². The standard InChI is InChI=1S/C23H26N4O3S/c1-24-22(29)16-12-27(15-8-4-3-5-9-15)13-17(21(16)28)23(30)26(2)14-20-25-18-10-6-7-11-19(18)31-20/h6-7,10-13,15H,3-5,8-9,14H2,1-2H3,(H,24,29). The van der Waals surface area contributed by atoms with E-state index in [1.165, 1.54) is 29.7 Å². The summed E-state index contributed by atoms with van der Waals surface area (Å²) in [6.45, 7) is 0.297. The summed E-state index contributed by atoms with van der Waals surface area (Å²) in [4.78, 5) is 44.7. The Balaban J connectivity index is 1.66. The van der Waals surface area contributed by atoms with Crippen LogP contribution in [0.25, 0.3) is 10.2 Å². The minimum atomic E-state index is -0.535. The molecule has 1 N–H and O–H groups in total. The van der Waals surface area contributed by atoms with Gasteiger partial charge in [-0.1, -0.05) is 31.4 Å². The number of aromatic nitrogens is 2. The van der Waals surface area contributed by atoms with Crippen molar-refractivity contribution in [3.8, 4) is 0 Å². The minimum absolute atomic E-state index is 0.00677. The molecule has 2 amide bonds. The third-order valence-corrected chi connectivity index (χ3v) is 6.82. The molecule has 3 aromatic rings. The van der Waals surface area contributed by atoms with Gasteiger partial charge in [0.15, 0.2) is 0 Å². The lowest BCUT2D eigenvalue weighted by Crippen LogP contribution is -2.35. The third-order valence-electron chi connectivity index (χ3n) is 5.80. The van der Waals surface area contributed by atoms with E-state index in [9.17, 15) is 14.4 Å². The first-order valence-electron chi connectivity index (χ1n) is 10.6. The largest absolute Gasteiger partial charge is 0.355 e. The van der Waals surface area contributed by atoms with Crippen LogP contribution in [0.5, 0.6) is 0 Å². The fraction of sp³-hybridized carbons (Fsp3) is 0.391. The fourth-order valence-electron chi connectivity index (χ4n) is 4.10. The number of nitrogens with one attached hydrogen (secondary N) is 1. The average Bonchev–Trinajstić information content (AvgIpc) is 3.21. The molecule has 8 heteroatoms. The van der Waals surface area contributed by atoms with E-state index in [0.29, 0.717) is 6.54 Å². The van der Waals surface area contributed by atoms with Gasteiger partial charge in [-0.25, -0.2) is 4.98 Å². The van der Waals surface area contributed by atoms with Gasteiger partial charge in [-0.3, -0.25) is 14.4 Å². The number of nitrogens with zero attached hydrogens (tertiary/aromatic N) is 3. The SMILES string of the molecule is CNC(=O)c1cn(C2CCCCC2)cc(C(=O)N(C)Cc2nc3ccccc3s2)c1=O. The number of benzene rings is 1. The van der Waals surface area contributed by atoms with Gasteiger partial charge in [0.2, 0.25) is 5.43 Å². The van der Waals surface area contributed by atoms with Gasteiger partial charge in [0.05, 0.1) is 16.8 Å². The summed E-state index contributed by atoms with van der Waals surface area (Å²) >= 11 is 1.53. The maximum Gasteiger partial charge on any atom is 0.259 e. The van der Waals surface area contributed by atoms with Crippen LogP contribution in [0.3, 0.4) is 0 Å². The summed E-state index contributed by atoms with van der Waals surface area (Å²) < 4.78 is 2.95. The fourth-order valence-corrected chi connectivity index (χ4v) is 5.13. The summed E-state index contributed by atoms with van der Waals surface area (Å²) in [5.41, 5.74) is 0.389. The monoisotopic (exact) mass is 438 g/mol. The molecule has 4 rings (SSSR count). The van der Waals surface area contributed by atoms with E-state index in [2.05, 4.69) is 10.3 Å². The van der Waals surface area contributed by atoms with E-state index in [1.54, 1.807) is 19.4 Å². The lowest BCUT2D eigenvalue weighted by molar-refractivity contribution is 0.0782. The molecule has 1 aromatic carbocycles. The Bertz CT molecular complexity index is 1140. The van der Waals surface area contributed by atoms with Gasteiger partial charge in [-0.2, -0.15) is 0 Å². The van der Waals surface area contributed by atoms with Crippen molar-refractivity contribution in [3.63, 3.8) is 0 Å². The molecule has 162 valence electrons. The summed E-state index contributed by atoms with van der Waals surface area (Å²) in [6, 6.07) is 8.01. The van der Waals surface area contributed by atoms with E-state index in [-0.39, 0.29) is 17.2 Å². The van der Waals surface area contributed by atoms with Crippen LogP contribution in [-0.4, -0.2) is 40.4 Å². The van der Waals surface area contributed by atoms with Gasteiger partial charge < -0.3 is 14.8 Å². The van der Waals surface area contributed by atoms with Crippen molar-refractivity contribution < 1.29 is 9.59 Å². The van der Waals surface area contributed by atoms with E-state index >= 15 is 0 Å². The summed E-state index contributed by atoms with van der Waals surface area (Å²) in [7, 11) is 3.14. The number of thiazole rings is 1.